The van der Waals surface area contributed by atoms with Crippen molar-refractivity contribution in [3.8, 4) is 11.1 Å². The van der Waals surface area contributed by atoms with Crippen molar-refractivity contribution in [1.82, 2.24) is 0 Å². The number of hydrogen-bond donors (Lipinski definition) is 1. The SMILES string of the molecule is OBc1ccc(-c2ccc(F)cc2)cc1. The molecular weight excluding hydrogens is 190 g/mol. The first-order valence-electron chi connectivity index (χ1n) is 4.75. The average Bonchev–Trinajstić information content (AvgIpc) is 2.30. The van der Waals surface area contributed by atoms with Gasteiger partial charge in [0.05, 0.1) is 0 Å². The maximum absolute atomic E-state index is 12.7. The Hall–Kier alpha value is -1.61. The van der Waals surface area contributed by atoms with Crippen LogP contribution in [0.15, 0.2) is 48.5 Å². The highest BCUT2D eigenvalue weighted by Crippen LogP contribution is 2.18. The molecule has 2 rings (SSSR count). The van der Waals surface area contributed by atoms with Gasteiger partial charge in [0.15, 0.2) is 0 Å². The molecule has 0 fully saturated rings. The summed E-state index contributed by atoms with van der Waals surface area (Å²) >= 11 is 0. The topological polar surface area (TPSA) is 20.2 Å². The lowest BCUT2D eigenvalue weighted by Gasteiger charge is -2.02. The molecule has 0 saturated heterocycles. The van der Waals surface area contributed by atoms with E-state index in [0.717, 1.165) is 16.6 Å². The number of benzene rings is 2. The second-order valence-electron chi connectivity index (χ2n) is 3.36. The summed E-state index contributed by atoms with van der Waals surface area (Å²) in [6.45, 7) is 0. The van der Waals surface area contributed by atoms with E-state index in [4.69, 9.17) is 5.02 Å². The van der Waals surface area contributed by atoms with Gasteiger partial charge in [-0.25, -0.2) is 4.39 Å². The van der Waals surface area contributed by atoms with Gasteiger partial charge in [-0.2, -0.15) is 0 Å². The van der Waals surface area contributed by atoms with Gasteiger partial charge in [0.25, 0.3) is 0 Å². The third-order valence-electron chi connectivity index (χ3n) is 2.31. The minimum atomic E-state index is -0.231. The first kappa shape index (κ1) is 9.93. The van der Waals surface area contributed by atoms with Gasteiger partial charge in [0, 0.05) is 0 Å². The summed E-state index contributed by atoms with van der Waals surface area (Å²) in [7, 11) is 0.0453. The van der Waals surface area contributed by atoms with E-state index >= 15 is 0 Å². The molecule has 3 heteroatoms. The van der Waals surface area contributed by atoms with Gasteiger partial charge >= 0.3 is 7.48 Å². The van der Waals surface area contributed by atoms with Crippen molar-refractivity contribution < 1.29 is 9.41 Å². The zero-order valence-corrected chi connectivity index (χ0v) is 8.15. The monoisotopic (exact) mass is 200 g/mol. The van der Waals surface area contributed by atoms with Crippen molar-refractivity contribution in [3.05, 3.63) is 54.3 Å². The maximum atomic E-state index is 12.7. The van der Waals surface area contributed by atoms with Crippen LogP contribution in [0.2, 0.25) is 0 Å². The predicted octanol–water partition coefficient (Wildman–Crippen LogP) is 1.46. The van der Waals surface area contributed by atoms with Crippen molar-refractivity contribution in [3.63, 3.8) is 0 Å². The van der Waals surface area contributed by atoms with Gasteiger partial charge < -0.3 is 5.02 Å². The molecule has 2 aromatic rings. The Morgan fingerprint density at radius 1 is 0.800 bits per heavy atom. The molecule has 0 aromatic heterocycles. The van der Waals surface area contributed by atoms with Crippen molar-refractivity contribution in [2.45, 2.75) is 0 Å². The number of halogens is 1. The van der Waals surface area contributed by atoms with Gasteiger partial charge in [0.2, 0.25) is 0 Å². The molecular formula is C12H10BFO. The van der Waals surface area contributed by atoms with Crippen molar-refractivity contribution >= 4 is 12.9 Å². The summed E-state index contributed by atoms with van der Waals surface area (Å²) in [5, 5.41) is 8.89. The zero-order chi connectivity index (χ0) is 10.7. The lowest BCUT2D eigenvalue weighted by molar-refractivity contribution is 0.615. The molecule has 0 amide bonds. The highest BCUT2D eigenvalue weighted by molar-refractivity contribution is 6.45. The standard InChI is InChI=1S/C12H10BFO/c14-12-7-3-10(4-8-12)9-1-5-11(13-15)6-2-9/h1-8,13,15H. The lowest BCUT2D eigenvalue weighted by atomic mass is 9.87. The van der Waals surface area contributed by atoms with Crippen LogP contribution in [0.3, 0.4) is 0 Å². The Morgan fingerprint density at radius 2 is 1.27 bits per heavy atom. The largest absolute Gasteiger partial charge is 0.449 e. The Bertz CT molecular complexity index is 436. The minimum absolute atomic E-state index is 0.0453. The van der Waals surface area contributed by atoms with E-state index in [1.165, 1.54) is 12.1 Å². The van der Waals surface area contributed by atoms with Crippen LogP contribution in [0.25, 0.3) is 11.1 Å². The fourth-order valence-electron chi connectivity index (χ4n) is 1.44. The molecule has 0 aliphatic rings. The number of rotatable bonds is 2. The zero-order valence-electron chi connectivity index (χ0n) is 8.15. The minimum Gasteiger partial charge on any atom is -0.449 e. The van der Waals surface area contributed by atoms with Crippen LogP contribution in [-0.4, -0.2) is 12.5 Å². The molecule has 0 radical (unpaired) electrons. The van der Waals surface area contributed by atoms with E-state index in [2.05, 4.69) is 0 Å². The van der Waals surface area contributed by atoms with Crippen LogP contribution in [0, 0.1) is 5.82 Å². The Balaban J connectivity index is 2.33. The van der Waals surface area contributed by atoms with Gasteiger partial charge in [-0.15, -0.1) is 0 Å². The summed E-state index contributed by atoms with van der Waals surface area (Å²) in [4.78, 5) is 0. The smallest absolute Gasteiger partial charge is 0.304 e. The Kier molecular flexibility index (Phi) is 2.83. The van der Waals surface area contributed by atoms with Crippen LogP contribution in [0.1, 0.15) is 0 Å². The average molecular weight is 200 g/mol. The normalized spacial score (nSPS) is 10.0. The van der Waals surface area contributed by atoms with E-state index in [1.807, 2.05) is 24.3 Å². The molecule has 1 nitrogen and oxygen atoms in total. The van der Waals surface area contributed by atoms with Crippen LogP contribution < -0.4 is 5.46 Å². The van der Waals surface area contributed by atoms with E-state index in [9.17, 15) is 4.39 Å². The third-order valence-corrected chi connectivity index (χ3v) is 2.31. The van der Waals surface area contributed by atoms with Crippen molar-refractivity contribution in [1.29, 1.82) is 0 Å². The fourth-order valence-corrected chi connectivity index (χ4v) is 1.44. The molecule has 0 aliphatic heterocycles. The third kappa shape index (κ3) is 2.25. The van der Waals surface area contributed by atoms with Gasteiger partial charge in [0.1, 0.15) is 5.82 Å². The van der Waals surface area contributed by atoms with E-state index < -0.39 is 0 Å². The van der Waals surface area contributed by atoms with Crippen molar-refractivity contribution in [2.75, 3.05) is 0 Å². The Labute approximate surface area is 88.5 Å². The van der Waals surface area contributed by atoms with E-state index in [0.29, 0.717) is 0 Å². The molecule has 2 aromatic carbocycles. The Morgan fingerprint density at radius 3 is 1.73 bits per heavy atom. The highest BCUT2D eigenvalue weighted by Gasteiger charge is 1.98. The molecule has 0 aliphatic carbocycles. The van der Waals surface area contributed by atoms with Crippen molar-refractivity contribution in [2.24, 2.45) is 0 Å². The molecule has 1 N–H and O–H groups in total. The fraction of sp³-hybridized carbons (Fsp3) is 0. The maximum Gasteiger partial charge on any atom is 0.304 e. The molecule has 15 heavy (non-hydrogen) atoms. The summed E-state index contributed by atoms with van der Waals surface area (Å²) in [5.41, 5.74) is 2.87. The molecule has 0 atom stereocenters. The second kappa shape index (κ2) is 4.28. The summed E-state index contributed by atoms with van der Waals surface area (Å²) in [6.07, 6.45) is 0. The first-order chi connectivity index (χ1) is 7.29. The summed E-state index contributed by atoms with van der Waals surface area (Å²) in [5.74, 6) is -0.231. The lowest BCUT2D eigenvalue weighted by Crippen LogP contribution is -2.11. The molecule has 0 unspecified atom stereocenters. The quantitative estimate of drug-likeness (QED) is 0.727. The van der Waals surface area contributed by atoms with Crippen LogP contribution in [0.5, 0.6) is 0 Å². The molecule has 0 heterocycles. The van der Waals surface area contributed by atoms with Crippen LogP contribution >= 0.6 is 0 Å². The summed E-state index contributed by atoms with van der Waals surface area (Å²) < 4.78 is 12.7. The van der Waals surface area contributed by atoms with Crippen LogP contribution in [-0.2, 0) is 0 Å². The molecule has 74 valence electrons. The molecule has 0 bridgehead atoms. The van der Waals surface area contributed by atoms with Gasteiger partial charge in [-0.05, 0) is 23.3 Å². The molecule has 0 saturated carbocycles. The van der Waals surface area contributed by atoms with E-state index in [-0.39, 0.29) is 13.3 Å². The summed E-state index contributed by atoms with van der Waals surface area (Å²) in [6, 6.07) is 13.9. The first-order valence-corrected chi connectivity index (χ1v) is 4.75. The predicted molar refractivity (Wildman–Crippen MR) is 60.8 cm³/mol. The van der Waals surface area contributed by atoms with Gasteiger partial charge in [-0.1, -0.05) is 41.9 Å². The van der Waals surface area contributed by atoms with E-state index in [1.54, 1.807) is 12.1 Å². The van der Waals surface area contributed by atoms with Gasteiger partial charge in [-0.3, -0.25) is 0 Å². The van der Waals surface area contributed by atoms with Crippen LogP contribution in [0.4, 0.5) is 4.39 Å². The highest BCUT2D eigenvalue weighted by atomic mass is 19.1. The second-order valence-corrected chi connectivity index (χ2v) is 3.36. The molecule has 0 spiro atoms. The number of hydrogen-bond acceptors (Lipinski definition) is 1.